The Morgan fingerprint density at radius 1 is 1.00 bits per heavy atom. The molecule has 4 rings (SSSR count). The van der Waals surface area contributed by atoms with E-state index in [1.165, 1.54) is 29.9 Å². The lowest BCUT2D eigenvalue weighted by Gasteiger charge is -2.36. The molecule has 1 aliphatic carbocycles. The first kappa shape index (κ1) is 18.7. The van der Waals surface area contributed by atoms with Crippen LogP contribution in [0.2, 0.25) is 0 Å². The lowest BCUT2D eigenvalue weighted by Crippen LogP contribution is -3.13. The van der Waals surface area contributed by atoms with E-state index in [9.17, 15) is 14.3 Å². The smallest absolute Gasteiger partial charge is 0.277 e. The van der Waals surface area contributed by atoms with E-state index in [0.29, 0.717) is 25.7 Å². The Bertz CT molecular complexity index is 798. The maximum Gasteiger partial charge on any atom is 0.277 e. The molecule has 28 heavy (non-hydrogen) atoms. The van der Waals surface area contributed by atoms with Crippen LogP contribution in [0.5, 0.6) is 5.75 Å². The number of hydrogen-bond acceptors (Lipinski definition) is 3. The summed E-state index contributed by atoms with van der Waals surface area (Å²) in [5, 5.41) is 9.43. The van der Waals surface area contributed by atoms with E-state index in [4.69, 9.17) is 0 Å². The van der Waals surface area contributed by atoms with Crippen molar-refractivity contribution in [1.29, 1.82) is 0 Å². The summed E-state index contributed by atoms with van der Waals surface area (Å²) in [7, 11) is 0. The molecule has 2 fully saturated rings. The van der Waals surface area contributed by atoms with Crippen molar-refractivity contribution < 1.29 is 19.2 Å². The largest absolute Gasteiger partial charge is 0.508 e. The Balaban J connectivity index is 1.31. The van der Waals surface area contributed by atoms with Gasteiger partial charge in [0.2, 0.25) is 0 Å². The number of phenols is 1. The summed E-state index contributed by atoms with van der Waals surface area (Å²) in [4.78, 5) is 18.4. The number of anilines is 1. The summed E-state index contributed by atoms with van der Waals surface area (Å²) < 4.78 is 13.1. The van der Waals surface area contributed by atoms with Gasteiger partial charge < -0.3 is 19.8 Å². The van der Waals surface area contributed by atoms with Gasteiger partial charge in [0.1, 0.15) is 18.1 Å². The maximum atomic E-state index is 13.1. The predicted octanol–water partition coefficient (Wildman–Crippen LogP) is 1.43. The average Bonchev–Trinajstić information content (AvgIpc) is 3.55. The second-order valence-corrected chi connectivity index (χ2v) is 7.80. The summed E-state index contributed by atoms with van der Waals surface area (Å²) in [6, 6.07) is 14.4. The van der Waals surface area contributed by atoms with E-state index < -0.39 is 0 Å². The molecule has 1 atom stereocenters. The fourth-order valence-corrected chi connectivity index (χ4v) is 3.89. The second kappa shape index (κ2) is 8.19. The fourth-order valence-electron chi connectivity index (χ4n) is 3.89. The van der Waals surface area contributed by atoms with Gasteiger partial charge in [-0.15, -0.1) is 0 Å². The molecular formula is C22H27FN3O2+. The molecule has 148 valence electrons. The topological polar surface area (TPSA) is 48.2 Å². The van der Waals surface area contributed by atoms with E-state index in [0.717, 1.165) is 30.9 Å². The SMILES string of the molecule is O=C(C[NH+](Cc1ccc(F)cc1)C1CC1)N1CCN(c2ccc(O)cc2)CC1. The molecule has 1 saturated carbocycles. The Kier molecular flexibility index (Phi) is 5.48. The van der Waals surface area contributed by atoms with Crippen LogP contribution in [-0.2, 0) is 11.3 Å². The van der Waals surface area contributed by atoms with Crippen LogP contribution < -0.4 is 9.80 Å². The van der Waals surface area contributed by atoms with Crippen molar-refractivity contribution in [3.8, 4) is 5.75 Å². The van der Waals surface area contributed by atoms with Crippen molar-refractivity contribution in [3.63, 3.8) is 0 Å². The molecule has 2 N–H and O–H groups in total. The molecule has 2 aliphatic rings. The quantitative estimate of drug-likeness (QED) is 0.792. The third-order valence-corrected chi connectivity index (χ3v) is 5.72. The van der Waals surface area contributed by atoms with Gasteiger partial charge in [0, 0.05) is 50.3 Å². The number of amides is 1. The minimum Gasteiger partial charge on any atom is -0.508 e. The third kappa shape index (κ3) is 4.62. The first-order valence-electron chi connectivity index (χ1n) is 9.99. The van der Waals surface area contributed by atoms with Crippen molar-refractivity contribution >= 4 is 11.6 Å². The van der Waals surface area contributed by atoms with Crippen molar-refractivity contribution in [3.05, 3.63) is 59.9 Å². The van der Waals surface area contributed by atoms with Gasteiger partial charge in [-0.1, -0.05) is 12.1 Å². The minimum atomic E-state index is -0.223. The second-order valence-electron chi connectivity index (χ2n) is 7.80. The van der Waals surface area contributed by atoms with Crippen LogP contribution in [0.4, 0.5) is 10.1 Å². The highest BCUT2D eigenvalue weighted by Crippen LogP contribution is 2.20. The summed E-state index contributed by atoms with van der Waals surface area (Å²) in [6.45, 7) is 4.30. The van der Waals surface area contributed by atoms with Gasteiger partial charge in [-0.2, -0.15) is 0 Å². The number of carbonyl (C=O) groups is 1. The average molecular weight is 384 g/mol. The zero-order valence-corrected chi connectivity index (χ0v) is 16.0. The number of piperazine rings is 1. The molecule has 1 aliphatic heterocycles. The van der Waals surface area contributed by atoms with E-state index in [2.05, 4.69) is 4.90 Å². The Labute approximate surface area is 165 Å². The fraction of sp³-hybridized carbons (Fsp3) is 0.409. The highest BCUT2D eigenvalue weighted by Gasteiger charge is 2.36. The zero-order chi connectivity index (χ0) is 19.5. The van der Waals surface area contributed by atoms with Crippen LogP contribution in [0.3, 0.4) is 0 Å². The molecule has 1 heterocycles. The van der Waals surface area contributed by atoms with Crippen LogP contribution in [-0.4, -0.2) is 54.7 Å². The zero-order valence-electron chi connectivity index (χ0n) is 16.0. The highest BCUT2D eigenvalue weighted by molar-refractivity contribution is 5.77. The highest BCUT2D eigenvalue weighted by atomic mass is 19.1. The molecular weight excluding hydrogens is 357 g/mol. The van der Waals surface area contributed by atoms with Crippen molar-refractivity contribution in [2.45, 2.75) is 25.4 Å². The van der Waals surface area contributed by atoms with Crippen molar-refractivity contribution in [2.75, 3.05) is 37.6 Å². The molecule has 6 heteroatoms. The molecule has 0 aromatic heterocycles. The molecule has 2 aromatic rings. The van der Waals surface area contributed by atoms with Crippen LogP contribution in [0.1, 0.15) is 18.4 Å². The molecule has 2 aromatic carbocycles. The van der Waals surface area contributed by atoms with Crippen LogP contribution in [0, 0.1) is 5.82 Å². The Morgan fingerprint density at radius 2 is 1.64 bits per heavy atom. The summed E-state index contributed by atoms with van der Waals surface area (Å²) >= 11 is 0. The number of benzene rings is 2. The first-order chi connectivity index (χ1) is 13.6. The summed E-state index contributed by atoms with van der Waals surface area (Å²) in [5.41, 5.74) is 2.15. The van der Waals surface area contributed by atoms with Crippen molar-refractivity contribution in [1.82, 2.24) is 4.90 Å². The number of phenolic OH excluding ortho intramolecular Hbond substituents is 1. The standard InChI is InChI=1S/C22H26FN3O2/c23-18-3-1-17(2-4-18)15-26(20-5-6-20)16-22(28)25-13-11-24(12-14-25)19-7-9-21(27)10-8-19/h1-4,7-10,20,27H,5-6,11-16H2/p+1. The van der Waals surface area contributed by atoms with Gasteiger partial charge in [0.25, 0.3) is 5.91 Å². The molecule has 1 saturated heterocycles. The Morgan fingerprint density at radius 3 is 2.25 bits per heavy atom. The molecule has 5 nitrogen and oxygen atoms in total. The van der Waals surface area contributed by atoms with Crippen molar-refractivity contribution in [2.24, 2.45) is 0 Å². The number of halogens is 1. The van der Waals surface area contributed by atoms with Gasteiger partial charge >= 0.3 is 0 Å². The third-order valence-electron chi connectivity index (χ3n) is 5.72. The van der Waals surface area contributed by atoms with Gasteiger partial charge in [0.15, 0.2) is 6.54 Å². The lowest BCUT2D eigenvalue weighted by molar-refractivity contribution is -0.917. The van der Waals surface area contributed by atoms with E-state index in [-0.39, 0.29) is 17.5 Å². The molecule has 0 bridgehead atoms. The number of hydrogen-bond donors (Lipinski definition) is 2. The number of nitrogens with one attached hydrogen (secondary N) is 1. The lowest BCUT2D eigenvalue weighted by atomic mass is 10.2. The first-order valence-corrected chi connectivity index (χ1v) is 9.99. The van der Waals surface area contributed by atoms with Crippen LogP contribution in [0.15, 0.2) is 48.5 Å². The number of rotatable bonds is 6. The van der Waals surface area contributed by atoms with Gasteiger partial charge in [0.05, 0.1) is 6.04 Å². The monoisotopic (exact) mass is 384 g/mol. The van der Waals surface area contributed by atoms with Gasteiger partial charge in [-0.05, 0) is 36.4 Å². The Hall–Kier alpha value is -2.60. The summed E-state index contributed by atoms with van der Waals surface area (Å²) in [5.74, 6) is 0.246. The predicted molar refractivity (Wildman–Crippen MR) is 106 cm³/mol. The number of carbonyl (C=O) groups excluding carboxylic acids is 1. The van der Waals surface area contributed by atoms with E-state index in [1.807, 2.05) is 29.2 Å². The normalized spacial score (nSPS) is 18.2. The molecule has 1 unspecified atom stereocenters. The van der Waals surface area contributed by atoms with Crippen LogP contribution in [0.25, 0.3) is 0 Å². The maximum absolute atomic E-state index is 13.1. The van der Waals surface area contributed by atoms with Crippen LogP contribution >= 0.6 is 0 Å². The van der Waals surface area contributed by atoms with Gasteiger partial charge in [-0.3, -0.25) is 4.79 Å². The number of nitrogens with zero attached hydrogens (tertiary/aromatic N) is 2. The molecule has 0 radical (unpaired) electrons. The number of quaternary nitrogens is 1. The minimum absolute atomic E-state index is 0.203. The van der Waals surface area contributed by atoms with Gasteiger partial charge in [-0.25, -0.2) is 4.39 Å². The molecule has 1 amide bonds. The molecule has 0 spiro atoms. The van der Waals surface area contributed by atoms with E-state index >= 15 is 0 Å². The summed E-state index contributed by atoms with van der Waals surface area (Å²) in [6.07, 6.45) is 2.33. The number of aromatic hydroxyl groups is 1. The van der Waals surface area contributed by atoms with E-state index in [1.54, 1.807) is 12.1 Å².